The maximum atomic E-state index is 13.9. The molecule has 0 radical (unpaired) electrons. The predicted molar refractivity (Wildman–Crippen MR) is 148 cm³/mol. The van der Waals surface area contributed by atoms with Crippen LogP contribution in [0.2, 0.25) is 5.02 Å². The van der Waals surface area contributed by atoms with Crippen LogP contribution < -0.4 is 20.3 Å². The molecule has 3 N–H and O–H groups in total. The molecule has 38 heavy (non-hydrogen) atoms. The molecule has 0 spiro atoms. The number of benzene rings is 1. The normalized spacial score (nSPS) is 20.4. The van der Waals surface area contributed by atoms with E-state index in [1.165, 1.54) is 12.1 Å². The van der Waals surface area contributed by atoms with Crippen LogP contribution in [0, 0.1) is 0 Å². The summed E-state index contributed by atoms with van der Waals surface area (Å²) in [5.41, 5.74) is 8.00. The maximum absolute atomic E-state index is 13.9. The first-order valence-corrected chi connectivity index (χ1v) is 15.2. The van der Waals surface area contributed by atoms with Crippen molar-refractivity contribution in [1.82, 2.24) is 19.5 Å². The Morgan fingerprint density at radius 1 is 1.08 bits per heavy atom. The molecule has 0 saturated carbocycles. The molecule has 1 amide bonds. The molecule has 6 rings (SSSR count). The topological polar surface area (TPSA) is 129 Å². The fraction of sp³-hybridized carbons (Fsp3) is 0.480. The molecule has 3 aromatic rings. The number of rotatable bonds is 6. The summed E-state index contributed by atoms with van der Waals surface area (Å²) in [5, 5.41) is 5.31. The molecule has 2 aromatic heterocycles. The summed E-state index contributed by atoms with van der Waals surface area (Å²) in [6.07, 6.45) is 4.75. The third-order valence-electron chi connectivity index (χ3n) is 7.44. The minimum atomic E-state index is -3.59. The van der Waals surface area contributed by atoms with Gasteiger partial charge in [-0.05, 0) is 43.9 Å². The lowest BCUT2D eigenvalue weighted by Gasteiger charge is -2.39. The van der Waals surface area contributed by atoms with Crippen LogP contribution in [-0.2, 0) is 10.0 Å². The van der Waals surface area contributed by atoms with Gasteiger partial charge in [0.1, 0.15) is 11.6 Å². The van der Waals surface area contributed by atoms with Gasteiger partial charge in [0.15, 0.2) is 5.65 Å². The third kappa shape index (κ3) is 4.76. The summed E-state index contributed by atoms with van der Waals surface area (Å²) in [4.78, 5) is 25.0. The molecule has 3 fully saturated rings. The highest BCUT2D eigenvalue weighted by molar-refractivity contribution is 7.92. The number of carbonyl (C=O) groups is 1. The number of hydrogen-bond acceptors (Lipinski definition) is 8. The van der Waals surface area contributed by atoms with Crippen molar-refractivity contribution >= 4 is 50.5 Å². The van der Waals surface area contributed by atoms with Gasteiger partial charge in [0, 0.05) is 55.9 Å². The number of piperidine rings is 1. The zero-order valence-electron chi connectivity index (χ0n) is 21.2. The maximum Gasteiger partial charge on any atom is 0.256 e. The zero-order valence-corrected chi connectivity index (χ0v) is 22.7. The second-order valence-electron chi connectivity index (χ2n) is 10.4. The highest BCUT2D eigenvalue weighted by Gasteiger charge is 2.34. The molecular formula is C25H31ClN8O3S. The molecule has 3 aliphatic heterocycles. The number of amides is 1. The van der Waals surface area contributed by atoms with Crippen molar-refractivity contribution in [2.75, 3.05) is 53.5 Å². The Labute approximate surface area is 226 Å². The molecule has 3 aliphatic rings. The summed E-state index contributed by atoms with van der Waals surface area (Å²) in [5.74, 6) is 1.59. The quantitative estimate of drug-likeness (QED) is 0.472. The standard InChI is InChI=1S/C25H31ClN8O3S/c1-38(36,37)30-19-7-6-16(26)11-18(19)25(35)33-10-3-2-5-21(33)20-12-23-28-22(31-8-4-9-31)13-24(34(23)29-20)32-14-17(27)15-32/h6-7,11-13,17,21,30H,2-5,8-10,14-15,27H2,1H3. The number of anilines is 3. The minimum absolute atomic E-state index is 0.139. The molecule has 0 bridgehead atoms. The molecular weight excluding hydrogens is 528 g/mol. The zero-order chi connectivity index (χ0) is 26.6. The van der Waals surface area contributed by atoms with Gasteiger partial charge in [0.2, 0.25) is 10.0 Å². The number of aromatic nitrogens is 3. The number of fused-ring (bicyclic) bond motifs is 1. The van der Waals surface area contributed by atoms with E-state index in [9.17, 15) is 13.2 Å². The summed E-state index contributed by atoms with van der Waals surface area (Å²) >= 11 is 6.22. The summed E-state index contributed by atoms with van der Waals surface area (Å²) in [6.45, 7) is 4.01. The van der Waals surface area contributed by atoms with E-state index >= 15 is 0 Å². The van der Waals surface area contributed by atoms with E-state index in [4.69, 9.17) is 27.4 Å². The molecule has 0 aliphatic carbocycles. The summed E-state index contributed by atoms with van der Waals surface area (Å²) in [7, 11) is -3.59. The number of likely N-dealkylation sites (tertiary alicyclic amines) is 1. The van der Waals surface area contributed by atoms with Crippen molar-refractivity contribution in [1.29, 1.82) is 0 Å². The van der Waals surface area contributed by atoms with E-state index < -0.39 is 10.0 Å². The Bertz CT molecular complexity index is 1500. The second kappa shape index (κ2) is 9.58. The Hall–Kier alpha value is -3.09. The van der Waals surface area contributed by atoms with Gasteiger partial charge >= 0.3 is 0 Å². The van der Waals surface area contributed by atoms with Crippen LogP contribution in [0.15, 0.2) is 30.3 Å². The molecule has 202 valence electrons. The number of nitrogens with two attached hydrogens (primary N) is 1. The number of halogens is 1. The number of sulfonamides is 1. The Balaban J connectivity index is 1.38. The lowest BCUT2D eigenvalue weighted by molar-refractivity contribution is 0.0607. The Morgan fingerprint density at radius 3 is 2.55 bits per heavy atom. The van der Waals surface area contributed by atoms with Crippen LogP contribution in [0.25, 0.3) is 5.65 Å². The van der Waals surface area contributed by atoms with Gasteiger partial charge in [-0.1, -0.05) is 11.6 Å². The van der Waals surface area contributed by atoms with Crippen molar-refractivity contribution in [2.24, 2.45) is 5.73 Å². The first-order chi connectivity index (χ1) is 18.2. The molecule has 1 unspecified atom stereocenters. The minimum Gasteiger partial charge on any atom is -0.356 e. The van der Waals surface area contributed by atoms with E-state index in [1.807, 2.05) is 10.6 Å². The van der Waals surface area contributed by atoms with Crippen molar-refractivity contribution in [3.05, 3.63) is 46.6 Å². The van der Waals surface area contributed by atoms with Crippen LogP contribution in [0.4, 0.5) is 17.3 Å². The van der Waals surface area contributed by atoms with Crippen molar-refractivity contribution in [3.8, 4) is 0 Å². The van der Waals surface area contributed by atoms with Crippen LogP contribution >= 0.6 is 11.6 Å². The van der Waals surface area contributed by atoms with Crippen LogP contribution in [0.5, 0.6) is 0 Å². The smallest absolute Gasteiger partial charge is 0.256 e. The first-order valence-electron chi connectivity index (χ1n) is 12.9. The SMILES string of the molecule is CS(=O)(=O)Nc1ccc(Cl)cc1C(=O)N1CCCCC1c1cc2nc(N3CCC3)cc(N3CC(N)C3)n2n1. The van der Waals surface area contributed by atoms with Gasteiger partial charge in [-0.15, -0.1) is 0 Å². The average Bonchev–Trinajstić information content (AvgIpc) is 3.24. The van der Waals surface area contributed by atoms with Crippen LogP contribution in [0.1, 0.15) is 47.8 Å². The highest BCUT2D eigenvalue weighted by atomic mass is 35.5. The lowest BCUT2D eigenvalue weighted by Crippen LogP contribution is -2.56. The number of hydrogen-bond donors (Lipinski definition) is 2. The van der Waals surface area contributed by atoms with E-state index in [0.717, 1.165) is 81.1 Å². The monoisotopic (exact) mass is 558 g/mol. The molecule has 11 nitrogen and oxygen atoms in total. The van der Waals surface area contributed by atoms with Gasteiger partial charge < -0.3 is 20.4 Å². The second-order valence-corrected chi connectivity index (χ2v) is 12.6. The van der Waals surface area contributed by atoms with Crippen LogP contribution in [-0.4, -0.2) is 78.8 Å². The molecule has 3 saturated heterocycles. The fourth-order valence-electron chi connectivity index (χ4n) is 5.38. The highest BCUT2D eigenvalue weighted by Crippen LogP contribution is 2.35. The van der Waals surface area contributed by atoms with Gasteiger partial charge in [-0.2, -0.15) is 9.61 Å². The Kier molecular flexibility index (Phi) is 6.36. The van der Waals surface area contributed by atoms with Crippen LogP contribution in [0.3, 0.4) is 0 Å². The lowest BCUT2D eigenvalue weighted by atomic mass is 9.98. The van der Waals surface area contributed by atoms with Crippen molar-refractivity contribution in [3.63, 3.8) is 0 Å². The van der Waals surface area contributed by atoms with Crippen molar-refractivity contribution in [2.45, 2.75) is 37.8 Å². The van der Waals surface area contributed by atoms with E-state index in [2.05, 4.69) is 20.6 Å². The summed E-state index contributed by atoms with van der Waals surface area (Å²) < 4.78 is 28.2. The van der Waals surface area contributed by atoms with E-state index in [0.29, 0.717) is 11.6 Å². The molecule has 13 heteroatoms. The predicted octanol–water partition coefficient (Wildman–Crippen LogP) is 2.48. The van der Waals surface area contributed by atoms with Gasteiger partial charge in [-0.25, -0.2) is 13.4 Å². The number of nitrogens with one attached hydrogen (secondary N) is 1. The van der Waals surface area contributed by atoms with Gasteiger partial charge in [-0.3, -0.25) is 9.52 Å². The molecule has 1 atom stereocenters. The Morgan fingerprint density at radius 2 is 1.87 bits per heavy atom. The molecule has 5 heterocycles. The fourth-order valence-corrected chi connectivity index (χ4v) is 6.13. The third-order valence-corrected chi connectivity index (χ3v) is 8.27. The number of nitrogens with zero attached hydrogens (tertiary/aromatic N) is 6. The molecule has 1 aromatic carbocycles. The van der Waals surface area contributed by atoms with Crippen molar-refractivity contribution < 1.29 is 13.2 Å². The van der Waals surface area contributed by atoms with Gasteiger partial charge in [0.05, 0.1) is 29.2 Å². The summed E-state index contributed by atoms with van der Waals surface area (Å²) in [6, 6.07) is 8.50. The first kappa shape index (κ1) is 25.2. The number of carbonyl (C=O) groups excluding carboxylic acids is 1. The van der Waals surface area contributed by atoms with E-state index in [-0.39, 0.29) is 29.2 Å². The average molecular weight is 559 g/mol. The van der Waals surface area contributed by atoms with Gasteiger partial charge in [0.25, 0.3) is 5.91 Å². The van der Waals surface area contributed by atoms with E-state index in [1.54, 1.807) is 11.0 Å². The largest absolute Gasteiger partial charge is 0.356 e.